The Kier molecular flexibility index (Phi) is 4.81. The summed E-state index contributed by atoms with van der Waals surface area (Å²) >= 11 is 5.80. The van der Waals surface area contributed by atoms with Crippen molar-refractivity contribution in [1.29, 1.82) is 0 Å². The summed E-state index contributed by atoms with van der Waals surface area (Å²) in [6.45, 7) is 3.92. The summed E-state index contributed by atoms with van der Waals surface area (Å²) in [4.78, 5) is 26.5. The van der Waals surface area contributed by atoms with Crippen LogP contribution in [-0.4, -0.2) is 10.9 Å². The van der Waals surface area contributed by atoms with Crippen molar-refractivity contribution < 1.29 is 4.79 Å². The first-order chi connectivity index (χ1) is 9.95. The number of rotatable bonds is 4. The fourth-order valence-electron chi connectivity index (χ4n) is 2.14. The van der Waals surface area contributed by atoms with Crippen LogP contribution in [0.4, 0.5) is 0 Å². The first kappa shape index (κ1) is 15.3. The van der Waals surface area contributed by atoms with Gasteiger partial charge in [-0.3, -0.25) is 9.59 Å². The van der Waals surface area contributed by atoms with Crippen LogP contribution >= 0.6 is 11.6 Å². The van der Waals surface area contributed by atoms with Crippen LogP contribution in [0.15, 0.2) is 35.1 Å². The number of carbonyl (C=O) groups excluding carboxylic acids is 1. The van der Waals surface area contributed by atoms with Crippen molar-refractivity contribution in [2.75, 3.05) is 0 Å². The van der Waals surface area contributed by atoms with Crippen molar-refractivity contribution in [2.24, 2.45) is 0 Å². The van der Waals surface area contributed by atoms with Gasteiger partial charge in [-0.25, -0.2) is 0 Å². The molecule has 0 spiro atoms. The molecule has 0 radical (unpaired) electrons. The first-order valence-electron chi connectivity index (χ1n) is 6.66. The lowest BCUT2D eigenvalue weighted by molar-refractivity contribution is -0.120. The number of nitrogens with one attached hydrogen (secondary N) is 2. The second-order valence-electron chi connectivity index (χ2n) is 5.02. The van der Waals surface area contributed by atoms with Crippen molar-refractivity contribution in [1.82, 2.24) is 10.3 Å². The van der Waals surface area contributed by atoms with Gasteiger partial charge < -0.3 is 10.3 Å². The lowest BCUT2D eigenvalue weighted by Crippen LogP contribution is -2.29. The van der Waals surface area contributed by atoms with E-state index < -0.39 is 0 Å². The fraction of sp³-hybridized carbons (Fsp3) is 0.250. The van der Waals surface area contributed by atoms with Gasteiger partial charge in [-0.15, -0.1) is 0 Å². The smallest absolute Gasteiger partial charge is 0.253 e. The molecular weight excluding hydrogens is 288 g/mol. The number of H-pyrrole nitrogens is 1. The third kappa shape index (κ3) is 4.20. The third-order valence-electron chi connectivity index (χ3n) is 3.23. The highest BCUT2D eigenvalue weighted by molar-refractivity contribution is 6.30. The molecule has 0 saturated carbocycles. The SMILES string of the molecule is Cc1cc(C)c(CNC(=O)Cc2ccc(Cl)cc2)c(=O)[nH]1. The van der Waals surface area contributed by atoms with Crippen LogP contribution in [0.1, 0.15) is 22.4 Å². The van der Waals surface area contributed by atoms with E-state index in [1.165, 1.54) is 0 Å². The van der Waals surface area contributed by atoms with Gasteiger partial charge in [0.25, 0.3) is 5.56 Å². The van der Waals surface area contributed by atoms with E-state index >= 15 is 0 Å². The second-order valence-corrected chi connectivity index (χ2v) is 5.46. The standard InChI is InChI=1S/C16H17ClN2O2/c1-10-7-11(2)19-16(21)14(10)9-18-15(20)8-12-3-5-13(17)6-4-12/h3-7H,8-9H2,1-2H3,(H,18,20)(H,19,21). The number of aromatic nitrogens is 1. The molecule has 1 aromatic heterocycles. The Balaban J connectivity index is 1.98. The van der Waals surface area contributed by atoms with Crippen molar-refractivity contribution >= 4 is 17.5 Å². The van der Waals surface area contributed by atoms with Gasteiger partial charge in [0, 0.05) is 22.8 Å². The largest absolute Gasteiger partial charge is 0.352 e. The van der Waals surface area contributed by atoms with Crippen LogP contribution in [0.5, 0.6) is 0 Å². The first-order valence-corrected chi connectivity index (χ1v) is 7.04. The zero-order chi connectivity index (χ0) is 15.4. The molecule has 0 aliphatic carbocycles. The molecule has 0 atom stereocenters. The van der Waals surface area contributed by atoms with Crippen molar-refractivity contribution in [3.63, 3.8) is 0 Å². The average Bonchev–Trinajstić information content (AvgIpc) is 2.40. The highest BCUT2D eigenvalue weighted by Crippen LogP contribution is 2.10. The predicted octanol–water partition coefficient (Wildman–Crippen LogP) is 2.50. The van der Waals surface area contributed by atoms with Crippen LogP contribution in [-0.2, 0) is 17.8 Å². The van der Waals surface area contributed by atoms with Gasteiger partial charge in [0.15, 0.2) is 0 Å². The summed E-state index contributed by atoms with van der Waals surface area (Å²) in [5.41, 5.74) is 3.01. The maximum absolute atomic E-state index is 11.9. The van der Waals surface area contributed by atoms with E-state index in [-0.39, 0.29) is 24.4 Å². The summed E-state index contributed by atoms with van der Waals surface area (Å²) in [5, 5.41) is 3.41. The molecule has 1 aromatic carbocycles. The van der Waals surface area contributed by atoms with Gasteiger partial charge in [0.2, 0.25) is 5.91 Å². The minimum Gasteiger partial charge on any atom is -0.352 e. The van der Waals surface area contributed by atoms with Crippen LogP contribution in [0.3, 0.4) is 0 Å². The average molecular weight is 305 g/mol. The molecule has 0 unspecified atom stereocenters. The zero-order valence-electron chi connectivity index (χ0n) is 12.0. The molecule has 0 aliphatic heterocycles. The second kappa shape index (κ2) is 6.59. The number of aryl methyl sites for hydroxylation is 2. The number of carbonyl (C=O) groups is 1. The van der Waals surface area contributed by atoms with Gasteiger partial charge in [-0.2, -0.15) is 0 Å². The van der Waals surface area contributed by atoms with E-state index in [2.05, 4.69) is 10.3 Å². The Labute approximate surface area is 128 Å². The van der Waals surface area contributed by atoms with Crippen molar-refractivity contribution in [2.45, 2.75) is 26.8 Å². The molecule has 4 nitrogen and oxygen atoms in total. The highest BCUT2D eigenvalue weighted by atomic mass is 35.5. The Bertz CT molecular complexity index is 705. The quantitative estimate of drug-likeness (QED) is 0.911. The summed E-state index contributed by atoms with van der Waals surface area (Å²) in [5.74, 6) is -0.128. The lowest BCUT2D eigenvalue weighted by Gasteiger charge is -2.08. The van der Waals surface area contributed by atoms with Gasteiger partial charge in [0.1, 0.15) is 0 Å². The number of amides is 1. The molecule has 1 heterocycles. The van der Waals surface area contributed by atoms with E-state index in [1.54, 1.807) is 12.1 Å². The zero-order valence-corrected chi connectivity index (χ0v) is 12.8. The minimum absolute atomic E-state index is 0.128. The summed E-state index contributed by atoms with van der Waals surface area (Å²) in [7, 11) is 0. The van der Waals surface area contributed by atoms with Gasteiger partial charge in [-0.1, -0.05) is 23.7 Å². The van der Waals surface area contributed by atoms with Crippen molar-refractivity contribution in [3.8, 4) is 0 Å². The van der Waals surface area contributed by atoms with E-state index in [0.717, 1.165) is 16.8 Å². The summed E-state index contributed by atoms with van der Waals surface area (Å²) in [6.07, 6.45) is 0.264. The Morgan fingerprint density at radius 2 is 1.90 bits per heavy atom. The predicted molar refractivity (Wildman–Crippen MR) is 83.5 cm³/mol. The molecule has 0 saturated heterocycles. The normalized spacial score (nSPS) is 10.4. The maximum Gasteiger partial charge on any atom is 0.253 e. The Morgan fingerprint density at radius 1 is 1.24 bits per heavy atom. The molecule has 2 aromatic rings. The van der Waals surface area contributed by atoms with E-state index in [1.807, 2.05) is 32.0 Å². The molecule has 0 fully saturated rings. The van der Waals surface area contributed by atoms with Gasteiger partial charge in [-0.05, 0) is 43.2 Å². The van der Waals surface area contributed by atoms with Crippen LogP contribution < -0.4 is 10.9 Å². The highest BCUT2D eigenvalue weighted by Gasteiger charge is 2.08. The molecule has 1 amide bonds. The van der Waals surface area contributed by atoms with E-state index in [4.69, 9.17) is 11.6 Å². The number of hydrogen-bond acceptors (Lipinski definition) is 2. The number of pyridine rings is 1. The fourth-order valence-corrected chi connectivity index (χ4v) is 2.26. The molecule has 5 heteroatoms. The maximum atomic E-state index is 11.9. The summed E-state index contributed by atoms with van der Waals surface area (Å²) < 4.78 is 0. The lowest BCUT2D eigenvalue weighted by atomic mass is 10.1. The Hall–Kier alpha value is -2.07. The Morgan fingerprint density at radius 3 is 2.52 bits per heavy atom. The van der Waals surface area contributed by atoms with E-state index in [9.17, 15) is 9.59 Å². The number of hydrogen-bond donors (Lipinski definition) is 2. The van der Waals surface area contributed by atoms with Crippen LogP contribution in [0.2, 0.25) is 5.02 Å². The number of benzene rings is 1. The van der Waals surface area contributed by atoms with Crippen LogP contribution in [0.25, 0.3) is 0 Å². The van der Waals surface area contributed by atoms with E-state index in [0.29, 0.717) is 10.6 Å². The number of halogens is 1. The van der Waals surface area contributed by atoms with Crippen molar-refractivity contribution in [3.05, 3.63) is 68.1 Å². The van der Waals surface area contributed by atoms with Gasteiger partial charge >= 0.3 is 0 Å². The topological polar surface area (TPSA) is 62.0 Å². The number of aromatic amines is 1. The minimum atomic E-state index is -0.153. The molecule has 2 N–H and O–H groups in total. The molecule has 0 aliphatic rings. The monoisotopic (exact) mass is 304 g/mol. The molecule has 2 rings (SSSR count). The molecule has 110 valence electrons. The van der Waals surface area contributed by atoms with Crippen LogP contribution in [0, 0.1) is 13.8 Å². The van der Waals surface area contributed by atoms with Gasteiger partial charge in [0.05, 0.1) is 6.42 Å². The molecule has 21 heavy (non-hydrogen) atoms. The summed E-state index contributed by atoms with van der Waals surface area (Å²) in [6, 6.07) is 9.01. The third-order valence-corrected chi connectivity index (χ3v) is 3.49. The molecular formula is C16H17ClN2O2. The molecule has 0 bridgehead atoms.